The van der Waals surface area contributed by atoms with Gasteiger partial charge >= 0.3 is 6.09 Å². The average molecular weight is 394 g/mol. The molecule has 0 aliphatic heterocycles. The van der Waals surface area contributed by atoms with Crippen molar-refractivity contribution < 1.29 is 14.3 Å². The van der Waals surface area contributed by atoms with Gasteiger partial charge in [-0.1, -0.05) is 47.5 Å². The molecule has 0 saturated heterocycles. The third-order valence-electron chi connectivity index (χ3n) is 3.47. The van der Waals surface area contributed by atoms with E-state index in [1.807, 2.05) is 36.4 Å². The molecule has 1 N–H and O–H groups in total. The molecule has 0 aliphatic carbocycles. The maximum Gasteiger partial charge on any atom is 0.408 e. The average Bonchev–Trinajstić information content (AvgIpc) is 2.52. The first-order chi connectivity index (χ1) is 12.2. The highest BCUT2D eigenvalue weighted by atomic mass is 35.5. The van der Waals surface area contributed by atoms with E-state index in [1.165, 1.54) is 0 Å². The van der Waals surface area contributed by atoms with E-state index >= 15 is 0 Å². The summed E-state index contributed by atoms with van der Waals surface area (Å²) in [6.45, 7) is 5.30. The Bertz CT molecular complexity index is 762. The Morgan fingerprint density at radius 3 is 2.15 bits per heavy atom. The first kappa shape index (κ1) is 20.3. The van der Waals surface area contributed by atoms with Crippen molar-refractivity contribution in [1.29, 1.82) is 0 Å². The molecule has 6 heteroatoms. The topological polar surface area (TPSA) is 55.4 Å². The molecule has 1 atom stereocenters. The monoisotopic (exact) mass is 393 g/mol. The van der Waals surface area contributed by atoms with Crippen molar-refractivity contribution in [3.05, 3.63) is 58.1 Å². The maximum absolute atomic E-state index is 11.8. The zero-order valence-corrected chi connectivity index (χ0v) is 16.4. The molecule has 0 heterocycles. The molecule has 2 rings (SSSR count). The van der Waals surface area contributed by atoms with Gasteiger partial charge in [0, 0.05) is 10.0 Å². The number of hydrogen-bond donors (Lipinski definition) is 1. The van der Waals surface area contributed by atoms with Crippen LogP contribution in [0.2, 0.25) is 10.0 Å². The second kappa shape index (κ2) is 8.56. The summed E-state index contributed by atoms with van der Waals surface area (Å²) in [6, 6.07) is 12.3. The molecule has 138 valence electrons. The molecule has 0 fully saturated rings. The summed E-state index contributed by atoms with van der Waals surface area (Å²) >= 11 is 12.1. The zero-order chi connectivity index (χ0) is 19.3. The summed E-state index contributed by atoms with van der Waals surface area (Å²) < 4.78 is 5.17. The van der Waals surface area contributed by atoms with Gasteiger partial charge in [0.05, 0.1) is 6.04 Å². The molecule has 1 unspecified atom stereocenters. The van der Waals surface area contributed by atoms with Gasteiger partial charge in [-0.25, -0.2) is 4.79 Å². The molecule has 1 amide bonds. The fraction of sp³-hybridized carbons (Fsp3) is 0.300. The molecule has 0 saturated carbocycles. The predicted octanol–water partition coefficient (Wildman–Crippen LogP) is 5.30. The van der Waals surface area contributed by atoms with Crippen molar-refractivity contribution >= 4 is 35.6 Å². The first-order valence-corrected chi connectivity index (χ1v) is 8.92. The van der Waals surface area contributed by atoms with Crippen LogP contribution in [0.15, 0.2) is 42.5 Å². The SMILES string of the molecule is CC(C)(C)OC(=O)NC(C=O)Cc1ccc(-c2cc(Cl)cc(Cl)c2)cc1. The number of halogens is 2. The molecule has 0 aliphatic rings. The number of nitrogens with one attached hydrogen (secondary N) is 1. The number of carbonyl (C=O) groups excluding carboxylic acids is 2. The van der Waals surface area contributed by atoms with E-state index in [2.05, 4.69) is 5.32 Å². The fourth-order valence-corrected chi connectivity index (χ4v) is 2.93. The lowest BCUT2D eigenvalue weighted by molar-refractivity contribution is -0.109. The number of ether oxygens (including phenoxy) is 1. The minimum absolute atomic E-state index is 0.374. The molecule has 0 aromatic heterocycles. The van der Waals surface area contributed by atoms with E-state index in [1.54, 1.807) is 26.8 Å². The van der Waals surface area contributed by atoms with E-state index in [4.69, 9.17) is 27.9 Å². The lowest BCUT2D eigenvalue weighted by Crippen LogP contribution is -2.41. The number of amides is 1. The maximum atomic E-state index is 11.8. The number of rotatable bonds is 5. The smallest absolute Gasteiger partial charge is 0.408 e. The third-order valence-corrected chi connectivity index (χ3v) is 3.91. The summed E-state index contributed by atoms with van der Waals surface area (Å²) in [5.41, 5.74) is 2.17. The van der Waals surface area contributed by atoms with E-state index in [-0.39, 0.29) is 0 Å². The summed E-state index contributed by atoms with van der Waals surface area (Å²) in [6.07, 6.45) is 0.466. The molecule has 4 nitrogen and oxygen atoms in total. The van der Waals surface area contributed by atoms with Gasteiger partial charge in [0.1, 0.15) is 11.9 Å². The van der Waals surface area contributed by atoms with E-state index in [9.17, 15) is 9.59 Å². The van der Waals surface area contributed by atoms with Crippen LogP contribution in [0.1, 0.15) is 26.3 Å². The third kappa shape index (κ3) is 6.36. The Morgan fingerprint density at radius 1 is 1.08 bits per heavy atom. The molecule has 2 aromatic carbocycles. The van der Waals surface area contributed by atoms with Crippen LogP contribution >= 0.6 is 23.2 Å². The quantitative estimate of drug-likeness (QED) is 0.701. The molecule has 0 bridgehead atoms. The van der Waals surface area contributed by atoms with Crippen molar-refractivity contribution in [3.63, 3.8) is 0 Å². The second-order valence-corrected chi connectivity index (χ2v) is 7.82. The van der Waals surface area contributed by atoms with Crippen molar-refractivity contribution in [2.24, 2.45) is 0 Å². The van der Waals surface area contributed by atoms with Gasteiger partial charge in [-0.2, -0.15) is 0 Å². The Kier molecular flexibility index (Phi) is 6.68. The van der Waals surface area contributed by atoms with Crippen molar-refractivity contribution in [2.45, 2.75) is 38.8 Å². The van der Waals surface area contributed by atoms with Crippen LogP contribution in [-0.2, 0) is 16.0 Å². The van der Waals surface area contributed by atoms with Crippen molar-refractivity contribution in [1.82, 2.24) is 5.32 Å². The van der Waals surface area contributed by atoms with Crippen LogP contribution in [0.3, 0.4) is 0 Å². The number of carbonyl (C=O) groups is 2. The molecule has 26 heavy (non-hydrogen) atoms. The Morgan fingerprint density at radius 2 is 1.65 bits per heavy atom. The Balaban J connectivity index is 2.05. The van der Waals surface area contributed by atoms with Crippen LogP contribution in [0.25, 0.3) is 11.1 Å². The van der Waals surface area contributed by atoms with E-state index in [0.717, 1.165) is 16.7 Å². The van der Waals surface area contributed by atoms with Crippen molar-refractivity contribution in [3.8, 4) is 11.1 Å². The first-order valence-electron chi connectivity index (χ1n) is 8.16. The molecule has 0 spiro atoms. The van der Waals surface area contributed by atoms with E-state index in [0.29, 0.717) is 22.8 Å². The normalized spacial score (nSPS) is 12.3. The number of hydrogen-bond acceptors (Lipinski definition) is 3. The molecular weight excluding hydrogens is 373 g/mol. The number of benzene rings is 2. The summed E-state index contributed by atoms with van der Waals surface area (Å²) in [7, 11) is 0. The number of alkyl carbamates (subject to hydrolysis) is 1. The van der Waals surface area contributed by atoms with Gasteiger partial charge in [-0.15, -0.1) is 0 Å². The zero-order valence-electron chi connectivity index (χ0n) is 14.9. The Labute approximate surface area is 163 Å². The van der Waals surface area contributed by atoms with Gasteiger partial charge in [0.25, 0.3) is 0 Å². The van der Waals surface area contributed by atoms with Crippen LogP contribution in [0, 0.1) is 0 Å². The molecule has 2 aromatic rings. The van der Waals surface area contributed by atoms with Gasteiger partial charge in [-0.05, 0) is 62.1 Å². The number of aldehydes is 1. The van der Waals surface area contributed by atoms with E-state index < -0.39 is 17.7 Å². The standard InChI is InChI=1S/C20H21Cl2NO3/c1-20(2,3)26-19(25)23-18(12-24)8-13-4-6-14(7-5-13)15-9-16(21)11-17(22)10-15/h4-7,9-12,18H,8H2,1-3H3,(H,23,25). The van der Waals surface area contributed by atoms with Crippen LogP contribution in [-0.4, -0.2) is 24.0 Å². The minimum atomic E-state index is -0.656. The highest BCUT2D eigenvalue weighted by molar-refractivity contribution is 6.35. The van der Waals surface area contributed by atoms with Crippen LogP contribution < -0.4 is 5.32 Å². The lowest BCUT2D eigenvalue weighted by atomic mass is 10.0. The molecule has 0 radical (unpaired) electrons. The van der Waals surface area contributed by atoms with Gasteiger partial charge in [0.2, 0.25) is 0 Å². The highest BCUT2D eigenvalue weighted by Gasteiger charge is 2.19. The minimum Gasteiger partial charge on any atom is -0.444 e. The second-order valence-electron chi connectivity index (χ2n) is 6.95. The summed E-state index contributed by atoms with van der Waals surface area (Å²) in [5, 5.41) is 3.71. The fourth-order valence-electron chi connectivity index (χ4n) is 2.40. The van der Waals surface area contributed by atoms with Crippen LogP contribution in [0.5, 0.6) is 0 Å². The predicted molar refractivity (Wildman–Crippen MR) is 105 cm³/mol. The van der Waals surface area contributed by atoms with Gasteiger partial charge in [-0.3, -0.25) is 0 Å². The Hall–Kier alpha value is -2.04. The van der Waals surface area contributed by atoms with Gasteiger partial charge < -0.3 is 14.8 Å². The highest BCUT2D eigenvalue weighted by Crippen LogP contribution is 2.27. The van der Waals surface area contributed by atoms with Crippen molar-refractivity contribution in [2.75, 3.05) is 0 Å². The summed E-state index contributed by atoms with van der Waals surface area (Å²) in [4.78, 5) is 23.1. The lowest BCUT2D eigenvalue weighted by Gasteiger charge is -2.21. The largest absolute Gasteiger partial charge is 0.444 e. The van der Waals surface area contributed by atoms with Gasteiger partial charge in [0.15, 0.2) is 0 Å². The summed E-state index contributed by atoms with van der Waals surface area (Å²) in [5.74, 6) is 0. The molecular formula is C20H21Cl2NO3. The van der Waals surface area contributed by atoms with Crippen LogP contribution in [0.4, 0.5) is 4.79 Å².